The zero-order chi connectivity index (χ0) is 41.7. The third-order valence-electron chi connectivity index (χ3n) is 11.6. The first-order valence-electron chi connectivity index (χ1n) is 20.8. The fraction of sp³-hybridized carbons (Fsp3) is 0. The van der Waals surface area contributed by atoms with Crippen molar-refractivity contribution in [3.63, 3.8) is 0 Å². The van der Waals surface area contributed by atoms with Crippen molar-refractivity contribution in [2.24, 2.45) is 0 Å². The maximum Gasteiger partial charge on any atom is 0.178 e. The summed E-state index contributed by atoms with van der Waals surface area (Å²) in [6, 6.07) is 66.7. The molecule has 0 saturated heterocycles. The Bertz CT molecular complexity index is 3610. The van der Waals surface area contributed by atoms with Gasteiger partial charge in [-0.05, 0) is 83.9 Å². The van der Waals surface area contributed by atoms with E-state index in [1.54, 1.807) is 18.5 Å². The first-order valence-corrected chi connectivity index (χ1v) is 20.8. The molecule has 0 aliphatic heterocycles. The van der Waals surface area contributed by atoms with Crippen LogP contribution in [-0.4, -0.2) is 39.5 Å². The van der Waals surface area contributed by atoms with Gasteiger partial charge in [0.2, 0.25) is 0 Å². The third-order valence-corrected chi connectivity index (χ3v) is 11.6. The second kappa shape index (κ2) is 15.1. The minimum absolute atomic E-state index is 0.601. The van der Waals surface area contributed by atoms with Gasteiger partial charge in [0.1, 0.15) is 5.69 Å². The van der Waals surface area contributed by atoms with Gasteiger partial charge < -0.3 is 4.57 Å². The van der Waals surface area contributed by atoms with Crippen LogP contribution in [0.1, 0.15) is 0 Å². The minimum atomic E-state index is 0.601. The highest BCUT2D eigenvalue weighted by atomic mass is 15.0. The van der Waals surface area contributed by atoms with E-state index in [1.165, 1.54) is 21.8 Å². The van der Waals surface area contributed by atoms with Crippen molar-refractivity contribution in [3.05, 3.63) is 207 Å². The van der Waals surface area contributed by atoms with Gasteiger partial charge in [0, 0.05) is 61.9 Å². The van der Waals surface area contributed by atoms with Gasteiger partial charge in [-0.15, -0.1) is 0 Å². The average Bonchev–Trinajstić information content (AvgIpc) is 3.70. The van der Waals surface area contributed by atoms with Crippen molar-refractivity contribution in [1.82, 2.24) is 39.5 Å². The lowest BCUT2D eigenvalue weighted by Crippen LogP contribution is -2.00. The van der Waals surface area contributed by atoms with Crippen molar-refractivity contribution in [2.45, 2.75) is 0 Å². The van der Waals surface area contributed by atoms with Crippen LogP contribution >= 0.6 is 0 Å². The summed E-state index contributed by atoms with van der Waals surface area (Å²) in [5, 5.41) is 4.58. The van der Waals surface area contributed by atoms with Crippen molar-refractivity contribution in [1.29, 1.82) is 0 Å². The zero-order valence-corrected chi connectivity index (χ0v) is 33.7. The molecule has 0 saturated carbocycles. The van der Waals surface area contributed by atoms with Crippen LogP contribution in [0.3, 0.4) is 0 Å². The third kappa shape index (κ3) is 6.63. The first kappa shape index (κ1) is 36.1. The van der Waals surface area contributed by atoms with E-state index < -0.39 is 0 Å². The number of pyridine rings is 2. The number of para-hydroxylation sites is 2. The average molecular weight is 807 g/mol. The topological polar surface area (TPSA) is 95.2 Å². The second-order valence-corrected chi connectivity index (χ2v) is 15.4. The van der Waals surface area contributed by atoms with Crippen LogP contribution in [0.4, 0.5) is 0 Å². The number of nitrogens with zero attached hydrogens (tertiary/aromatic N) is 8. The standard InChI is InChI=1S/C55H34N8/c1-2-9-37(10-3-1)52-60-53(62-54(61-52)39-21-26-43(27-22-39)63-50-13-6-4-11-44(50)45-12-5-7-14-51(45)63)38-18-15-35(16-19-38)46-29-25-42-33-40(24-28-47(42)58-46)41-20-17-36-23-30-48(59-49(36)34-41)55-56-31-8-32-57-55/h1-34H. The Labute approximate surface area is 362 Å². The SMILES string of the molecule is c1ccc(-c2nc(-c3ccc(-c4ccc5cc(-c6ccc7ccc(-c8ncccn8)nc7c6)ccc5n4)cc3)nc(-c3ccc(-n4c5ccccc5c5ccccc54)cc3)n2)cc1. The smallest absolute Gasteiger partial charge is 0.178 e. The van der Waals surface area contributed by atoms with E-state index in [0.717, 1.165) is 72.3 Å². The molecule has 8 nitrogen and oxygen atoms in total. The molecule has 5 aromatic heterocycles. The molecule has 0 unspecified atom stereocenters. The highest BCUT2D eigenvalue weighted by Gasteiger charge is 2.16. The van der Waals surface area contributed by atoms with E-state index >= 15 is 0 Å². The van der Waals surface area contributed by atoms with E-state index in [-0.39, 0.29) is 0 Å². The summed E-state index contributed by atoms with van der Waals surface area (Å²) in [6.07, 6.45) is 3.47. The Kier molecular flexibility index (Phi) is 8.64. The molecule has 0 amide bonds. The van der Waals surface area contributed by atoms with Crippen LogP contribution < -0.4 is 0 Å². The van der Waals surface area contributed by atoms with Crippen LogP contribution in [0.25, 0.3) is 117 Å². The van der Waals surface area contributed by atoms with Gasteiger partial charge >= 0.3 is 0 Å². The van der Waals surface area contributed by atoms with Gasteiger partial charge in [0.15, 0.2) is 23.3 Å². The number of hydrogen-bond acceptors (Lipinski definition) is 7. The van der Waals surface area contributed by atoms with Gasteiger partial charge in [-0.1, -0.05) is 121 Å². The fourth-order valence-corrected chi connectivity index (χ4v) is 8.42. The minimum Gasteiger partial charge on any atom is -0.309 e. The fourth-order valence-electron chi connectivity index (χ4n) is 8.42. The largest absolute Gasteiger partial charge is 0.309 e. The van der Waals surface area contributed by atoms with Crippen LogP contribution in [0.15, 0.2) is 207 Å². The zero-order valence-electron chi connectivity index (χ0n) is 33.7. The monoisotopic (exact) mass is 806 g/mol. The summed E-state index contributed by atoms with van der Waals surface area (Å²) in [6.45, 7) is 0. The van der Waals surface area contributed by atoms with E-state index in [9.17, 15) is 0 Å². The number of rotatable bonds is 7. The molecule has 294 valence electrons. The van der Waals surface area contributed by atoms with E-state index in [1.807, 2.05) is 36.4 Å². The van der Waals surface area contributed by atoms with Gasteiger partial charge in [-0.2, -0.15) is 0 Å². The Morgan fingerprint density at radius 1 is 0.302 bits per heavy atom. The molecule has 0 aliphatic carbocycles. The number of aromatic nitrogens is 8. The molecular weight excluding hydrogens is 773 g/mol. The Balaban J connectivity index is 0.846. The summed E-state index contributed by atoms with van der Waals surface area (Å²) in [7, 11) is 0. The second-order valence-electron chi connectivity index (χ2n) is 15.4. The highest BCUT2D eigenvalue weighted by Crippen LogP contribution is 2.34. The predicted molar refractivity (Wildman–Crippen MR) is 253 cm³/mol. The van der Waals surface area contributed by atoms with Gasteiger partial charge in [-0.3, -0.25) is 0 Å². The van der Waals surface area contributed by atoms with Crippen molar-refractivity contribution >= 4 is 43.6 Å². The Morgan fingerprint density at radius 2 is 0.810 bits per heavy atom. The molecule has 7 aromatic carbocycles. The van der Waals surface area contributed by atoms with Crippen molar-refractivity contribution in [2.75, 3.05) is 0 Å². The van der Waals surface area contributed by atoms with Crippen molar-refractivity contribution < 1.29 is 0 Å². The first-order chi connectivity index (χ1) is 31.2. The molecule has 0 aliphatic rings. The molecule has 0 spiro atoms. The summed E-state index contributed by atoms with van der Waals surface area (Å²) >= 11 is 0. The highest BCUT2D eigenvalue weighted by molar-refractivity contribution is 6.09. The molecule has 8 heteroatoms. The van der Waals surface area contributed by atoms with Crippen LogP contribution in [0, 0.1) is 0 Å². The van der Waals surface area contributed by atoms with Gasteiger partial charge in [0.05, 0.1) is 27.8 Å². The summed E-state index contributed by atoms with van der Waals surface area (Å²) in [5.41, 5.74) is 12.8. The normalized spacial score (nSPS) is 11.5. The molecule has 5 heterocycles. The molecule has 12 rings (SSSR count). The number of hydrogen-bond donors (Lipinski definition) is 0. The van der Waals surface area contributed by atoms with Gasteiger partial charge in [0.25, 0.3) is 0 Å². The van der Waals surface area contributed by atoms with Crippen LogP contribution in [0.2, 0.25) is 0 Å². The molecule has 0 bridgehead atoms. The van der Waals surface area contributed by atoms with E-state index in [4.69, 9.17) is 24.9 Å². The molecule has 0 radical (unpaired) electrons. The van der Waals surface area contributed by atoms with Crippen molar-refractivity contribution in [3.8, 4) is 73.8 Å². The molecule has 0 atom stereocenters. The lowest BCUT2D eigenvalue weighted by atomic mass is 10.0. The Hall–Kier alpha value is -8.75. The van der Waals surface area contributed by atoms with Crippen LogP contribution in [-0.2, 0) is 0 Å². The van der Waals surface area contributed by atoms with E-state index in [0.29, 0.717) is 23.3 Å². The summed E-state index contributed by atoms with van der Waals surface area (Å²) in [5.74, 6) is 2.44. The van der Waals surface area contributed by atoms with E-state index in [2.05, 4.69) is 166 Å². The molecule has 12 aromatic rings. The summed E-state index contributed by atoms with van der Waals surface area (Å²) < 4.78 is 2.31. The van der Waals surface area contributed by atoms with Crippen LogP contribution in [0.5, 0.6) is 0 Å². The Morgan fingerprint density at radius 3 is 1.51 bits per heavy atom. The predicted octanol–water partition coefficient (Wildman–Crippen LogP) is 12.9. The van der Waals surface area contributed by atoms with Gasteiger partial charge in [-0.25, -0.2) is 34.9 Å². The number of fused-ring (bicyclic) bond motifs is 5. The maximum absolute atomic E-state index is 5.08. The quantitative estimate of drug-likeness (QED) is 0.158. The molecule has 0 fully saturated rings. The maximum atomic E-state index is 5.08. The number of benzene rings is 7. The molecule has 63 heavy (non-hydrogen) atoms. The lowest BCUT2D eigenvalue weighted by Gasteiger charge is -2.11. The molecular formula is C55H34N8. The summed E-state index contributed by atoms with van der Waals surface area (Å²) in [4.78, 5) is 33.7. The molecule has 0 N–H and O–H groups in total. The lowest BCUT2D eigenvalue weighted by molar-refractivity contribution is 1.07.